The largest absolute Gasteiger partial charge is 0.378 e. The van der Waals surface area contributed by atoms with Gasteiger partial charge in [0.15, 0.2) is 0 Å². The number of amides is 1. The Morgan fingerprint density at radius 1 is 1.06 bits per heavy atom. The molecule has 2 aromatic carbocycles. The Balaban J connectivity index is 1.52. The van der Waals surface area contributed by atoms with E-state index in [0.717, 1.165) is 55.8 Å². The normalized spacial score (nSPS) is 26.3. The highest BCUT2D eigenvalue weighted by atomic mass is 16.5. The minimum absolute atomic E-state index is 0.0133. The zero-order chi connectivity index (χ0) is 22.3. The quantitative estimate of drug-likeness (QED) is 0.766. The molecule has 0 spiro atoms. The van der Waals surface area contributed by atoms with Gasteiger partial charge in [-0.25, -0.2) is 0 Å². The number of anilines is 1. The molecule has 0 aliphatic carbocycles. The second-order valence-corrected chi connectivity index (χ2v) is 9.81. The van der Waals surface area contributed by atoms with Crippen LogP contribution in [0.2, 0.25) is 0 Å². The van der Waals surface area contributed by atoms with Crippen LogP contribution in [-0.2, 0) is 4.74 Å². The van der Waals surface area contributed by atoms with Crippen LogP contribution in [0.1, 0.15) is 58.8 Å². The number of carbonyl (C=O) groups excluding carboxylic acids is 1. The maximum atomic E-state index is 13.6. The summed E-state index contributed by atoms with van der Waals surface area (Å²) in [7, 11) is 2.26. The van der Waals surface area contributed by atoms with Crippen LogP contribution in [0.5, 0.6) is 0 Å². The maximum Gasteiger partial charge on any atom is 0.252 e. The van der Waals surface area contributed by atoms with E-state index < -0.39 is 0 Å². The predicted molar refractivity (Wildman–Crippen MR) is 128 cm³/mol. The number of morpholine rings is 1. The number of hydrogen-bond acceptors (Lipinski definition) is 4. The van der Waals surface area contributed by atoms with Crippen molar-refractivity contribution in [3.8, 4) is 0 Å². The van der Waals surface area contributed by atoms with Gasteiger partial charge in [0.25, 0.3) is 5.91 Å². The average molecular weight is 434 g/mol. The van der Waals surface area contributed by atoms with Gasteiger partial charge >= 0.3 is 0 Å². The van der Waals surface area contributed by atoms with E-state index in [4.69, 9.17) is 4.74 Å². The number of nitrogens with one attached hydrogen (secondary N) is 1. The fraction of sp³-hybridized carbons (Fsp3) is 0.519. The first-order valence-corrected chi connectivity index (χ1v) is 12.0. The SMILES string of the molecule is Cc1cccc(C)c1C(=O)NC(c1cccc(N2CCOCC2)c1)C12CCC(CC1)N2C. The molecule has 3 fully saturated rings. The molecule has 5 rings (SSSR count). The van der Waals surface area contributed by atoms with Crippen LogP contribution in [0.25, 0.3) is 0 Å². The van der Waals surface area contributed by atoms with Gasteiger partial charge in [0.05, 0.1) is 19.3 Å². The highest BCUT2D eigenvalue weighted by molar-refractivity contribution is 5.97. The van der Waals surface area contributed by atoms with E-state index in [-0.39, 0.29) is 17.5 Å². The Morgan fingerprint density at radius 2 is 1.72 bits per heavy atom. The van der Waals surface area contributed by atoms with Crippen LogP contribution in [0, 0.1) is 13.8 Å². The zero-order valence-electron chi connectivity index (χ0n) is 19.6. The molecule has 3 saturated heterocycles. The Hall–Kier alpha value is -2.37. The predicted octanol–water partition coefficient (Wildman–Crippen LogP) is 4.24. The van der Waals surface area contributed by atoms with Crippen molar-refractivity contribution in [1.82, 2.24) is 10.2 Å². The lowest BCUT2D eigenvalue weighted by Gasteiger charge is -2.41. The summed E-state index contributed by atoms with van der Waals surface area (Å²) in [5.74, 6) is 0.0421. The Bertz CT molecular complexity index is 970. The van der Waals surface area contributed by atoms with Crippen molar-refractivity contribution in [1.29, 1.82) is 0 Å². The van der Waals surface area contributed by atoms with Crippen LogP contribution in [0.15, 0.2) is 42.5 Å². The average Bonchev–Trinajstić information content (AvgIpc) is 3.30. The van der Waals surface area contributed by atoms with Gasteiger partial charge in [-0.1, -0.05) is 30.3 Å². The first-order valence-electron chi connectivity index (χ1n) is 12.0. The van der Waals surface area contributed by atoms with Gasteiger partial charge in [0.1, 0.15) is 0 Å². The molecule has 0 saturated carbocycles. The molecule has 3 aliphatic heterocycles. The molecule has 0 aromatic heterocycles. The van der Waals surface area contributed by atoms with Crippen molar-refractivity contribution in [3.05, 3.63) is 64.7 Å². The first kappa shape index (κ1) is 21.5. The van der Waals surface area contributed by atoms with Gasteiger partial charge in [-0.15, -0.1) is 0 Å². The van der Waals surface area contributed by atoms with Gasteiger partial charge in [-0.3, -0.25) is 9.69 Å². The van der Waals surface area contributed by atoms with Gasteiger partial charge in [0, 0.05) is 35.9 Å². The minimum Gasteiger partial charge on any atom is -0.378 e. The summed E-state index contributed by atoms with van der Waals surface area (Å²) in [5.41, 5.74) is 5.30. The molecule has 3 heterocycles. The van der Waals surface area contributed by atoms with E-state index in [2.05, 4.69) is 46.4 Å². The highest BCUT2D eigenvalue weighted by Crippen LogP contribution is 2.52. The summed E-state index contributed by atoms with van der Waals surface area (Å²) in [6.07, 6.45) is 4.70. The molecular formula is C27H35N3O2. The van der Waals surface area contributed by atoms with Gasteiger partial charge in [-0.2, -0.15) is 0 Å². The summed E-state index contributed by atoms with van der Waals surface area (Å²) in [6.45, 7) is 7.42. The molecule has 32 heavy (non-hydrogen) atoms. The Morgan fingerprint density at radius 3 is 2.34 bits per heavy atom. The number of hydrogen-bond donors (Lipinski definition) is 1. The topological polar surface area (TPSA) is 44.8 Å². The van der Waals surface area contributed by atoms with Gasteiger partial charge in [-0.05, 0) is 75.4 Å². The van der Waals surface area contributed by atoms with E-state index in [9.17, 15) is 4.79 Å². The van der Waals surface area contributed by atoms with Crippen molar-refractivity contribution < 1.29 is 9.53 Å². The third-order valence-corrected chi connectivity index (χ3v) is 8.17. The molecule has 2 aromatic rings. The monoisotopic (exact) mass is 433 g/mol. The fourth-order valence-corrected chi connectivity index (χ4v) is 6.32. The first-order chi connectivity index (χ1) is 15.5. The van der Waals surface area contributed by atoms with E-state index in [1.165, 1.54) is 24.1 Å². The molecule has 1 unspecified atom stereocenters. The number of carbonyl (C=O) groups is 1. The van der Waals surface area contributed by atoms with Crippen molar-refractivity contribution >= 4 is 11.6 Å². The number of aryl methyl sites for hydroxylation is 2. The third-order valence-electron chi connectivity index (χ3n) is 8.17. The van der Waals surface area contributed by atoms with Crippen LogP contribution < -0.4 is 10.2 Å². The molecule has 0 radical (unpaired) electrons. The fourth-order valence-electron chi connectivity index (χ4n) is 6.32. The molecule has 2 bridgehead atoms. The molecule has 3 aliphatic rings. The van der Waals surface area contributed by atoms with Crippen LogP contribution >= 0.6 is 0 Å². The lowest BCUT2D eigenvalue weighted by atomic mass is 9.78. The summed E-state index contributed by atoms with van der Waals surface area (Å²) in [5, 5.41) is 3.53. The van der Waals surface area contributed by atoms with E-state index in [1.807, 2.05) is 32.0 Å². The summed E-state index contributed by atoms with van der Waals surface area (Å²) < 4.78 is 5.55. The summed E-state index contributed by atoms with van der Waals surface area (Å²) in [6, 6.07) is 15.5. The second-order valence-electron chi connectivity index (χ2n) is 9.81. The lowest BCUT2D eigenvalue weighted by Crippen LogP contribution is -2.51. The van der Waals surface area contributed by atoms with Crippen molar-refractivity contribution in [2.24, 2.45) is 0 Å². The number of likely N-dealkylation sites (N-methyl/N-ethyl adjacent to an activating group) is 1. The van der Waals surface area contributed by atoms with Crippen LogP contribution in [0.3, 0.4) is 0 Å². The number of nitrogens with zero attached hydrogens (tertiary/aromatic N) is 2. The molecule has 5 heteroatoms. The van der Waals surface area contributed by atoms with Gasteiger partial charge < -0.3 is 15.0 Å². The Kier molecular flexibility index (Phi) is 5.72. The van der Waals surface area contributed by atoms with E-state index in [0.29, 0.717) is 6.04 Å². The molecule has 1 atom stereocenters. The van der Waals surface area contributed by atoms with Crippen molar-refractivity contribution in [2.45, 2.75) is 57.2 Å². The minimum atomic E-state index is -0.0347. The number of fused-ring (bicyclic) bond motifs is 2. The summed E-state index contributed by atoms with van der Waals surface area (Å²) in [4.78, 5) is 18.6. The highest BCUT2D eigenvalue weighted by Gasteiger charge is 2.54. The molecule has 1 amide bonds. The number of rotatable bonds is 5. The summed E-state index contributed by atoms with van der Waals surface area (Å²) >= 11 is 0. The smallest absolute Gasteiger partial charge is 0.252 e. The number of ether oxygens (including phenoxy) is 1. The standard InChI is InChI=1S/C27H35N3O2/c1-19-6-4-7-20(2)24(19)26(31)28-25(27-12-10-22(11-13-27)29(27)3)21-8-5-9-23(18-21)30-14-16-32-17-15-30/h4-9,18,22,25H,10-17H2,1-3H3,(H,28,31). The van der Waals surface area contributed by atoms with E-state index >= 15 is 0 Å². The maximum absolute atomic E-state index is 13.6. The molecular weight excluding hydrogens is 398 g/mol. The third kappa shape index (κ3) is 3.61. The molecule has 170 valence electrons. The second kappa shape index (κ2) is 8.53. The Labute approximate surface area is 191 Å². The lowest BCUT2D eigenvalue weighted by molar-refractivity contribution is 0.0836. The van der Waals surface area contributed by atoms with Gasteiger partial charge in [0.2, 0.25) is 0 Å². The van der Waals surface area contributed by atoms with Crippen molar-refractivity contribution in [3.63, 3.8) is 0 Å². The molecule has 1 N–H and O–H groups in total. The van der Waals surface area contributed by atoms with Crippen LogP contribution in [-0.4, -0.2) is 55.7 Å². The number of benzene rings is 2. The van der Waals surface area contributed by atoms with E-state index in [1.54, 1.807) is 0 Å². The van der Waals surface area contributed by atoms with Crippen LogP contribution in [0.4, 0.5) is 5.69 Å². The van der Waals surface area contributed by atoms with Crippen molar-refractivity contribution in [2.75, 3.05) is 38.3 Å². The zero-order valence-corrected chi connectivity index (χ0v) is 19.6. The molecule has 5 nitrogen and oxygen atoms in total.